The number of methoxy groups -OCH3 is 1. The zero-order chi connectivity index (χ0) is 17.5. The summed E-state index contributed by atoms with van der Waals surface area (Å²) in [6.45, 7) is 8.19. The van der Waals surface area contributed by atoms with Crippen molar-refractivity contribution in [1.29, 1.82) is 0 Å². The van der Waals surface area contributed by atoms with Crippen LogP contribution >= 0.6 is 0 Å². The molecule has 0 spiro atoms. The van der Waals surface area contributed by atoms with E-state index in [-0.39, 0.29) is 30.2 Å². The molecule has 1 saturated carbocycles. The van der Waals surface area contributed by atoms with Crippen LogP contribution in [0.25, 0.3) is 0 Å². The molecule has 2 aliphatic rings. The van der Waals surface area contributed by atoms with E-state index in [1.807, 2.05) is 44.8 Å². The molecule has 0 bridgehead atoms. The summed E-state index contributed by atoms with van der Waals surface area (Å²) in [5.74, 6) is -0.0591. The van der Waals surface area contributed by atoms with Crippen LogP contribution in [0.3, 0.4) is 0 Å². The largest absolute Gasteiger partial charge is 0.498 e. The number of nitrogens with zero attached hydrogens (tertiary/aromatic N) is 2. The van der Waals surface area contributed by atoms with Crippen LogP contribution in [0.4, 0.5) is 0 Å². The average molecular weight is 334 g/mol. The molecule has 0 N–H and O–H groups in total. The second-order valence-electron chi connectivity index (χ2n) is 7.87. The standard InChI is InChI=1S/C17H27BN2O4/c1-16(2)17(3,4)24-18(23-16)13-10-19-20(11-13)14-8-6-12(7-9-14)15(21)22-5/h10-12,14H,6-9H2,1-5H3. The van der Waals surface area contributed by atoms with Gasteiger partial charge in [0.2, 0.25) is 0 Å². The Hall–Kier alpha value is -1.34. The van der Waals surface area contributed by atoms with Gasteiger partial charge in [0.1, 0.15) is 0 Å². The number of hydrogen-bond donors (Lipinski definition) is 0. The molecule has 2 heterocycles. The van der Waals surface area contributed by atoms with Crippen molar-refractivity contribution >= 4 is 18.6 Å². The van der Waals surface area contributed by atoms with Crippen LogP contribution in [0.1, 0.15) is 59.4 Å². The maximum atomic E-state index is 11.6. The zero-order valence-electron chi connectivity index (χ0n) is 15.2. The predicted molar refractivity (Wildman–Crippen MR) is 91.0 cm³/mol. The van der Waals surface area contributed by atoms with E-state index in [1.54, 1.807) is 0 Å². The summed E-state index contributed by atoms with van der Waals surface area (Å²) in [5, 5.41) is 4.51. The van der Waals surface area contributed by atoms with Gasteiger partial charge in [-0.05, 0) is 53.4 Å². The van der Waals surface area contributed by atoms with Gasteiger partial charge in [-0.25, -0.2) is 0 Å². The minimum Gasteiger partial charge on any atom is -0.469 e. The minimum atomic E-state index is -0.379. The van der Waals surface area contributed by atoms with Gasteiger partial charge in [-0.3, -0.25) is 9.48 Å². The lowest BCUT2D eigenvalue weighted by molar-refractivity contribution is -0.146. The summed E-state index contributed by atoms with van der Waals surface area (Å²) in [5.41, 5.74) is 0.250. The maximum absolute atomic E-state index is 11.6. The van der Waals surface area contributed by atoms with Crippen LogP contribution < -0.4 is 5.46 Å². The molecule has 132 valence electrons. The molecule has 0 amide bonds. The Bertz CT molecular complexity index is 589. The molecule has 0 aromatic carbocycles. The number of hydrogen-bond acceptors (Lipinski definition) is 5. The summed E-state index contributed by atoms with van der Waals surface area (Å²) in [6, 6.07) is 0.321. The Balaban J connectivity index is 1.64. The van der Waals surface area contributed by atoms with Crippen LogP contribution in [0.2, 0.25) is 0 Å². The van der Waals surface area contributed by atoms with Crippen molar-refractivity contribution in [2.75, 3.05) is 7.11 Å². The maximum Gasteiger partial charge on any atom is 0.498 e. The fourth-order valence-corrected chi connectivity index (χ4v) is 3.40. The molecule has 24 heavy (non-hydrogen) atoms. The molecule has 1 aliphatic heterocycles. The molecule has 6 nitrogen and oxygen atoms in total. The molecular weight excluding hydrogens is 307 g/mol. The molecule has 0 unspecified atom stereocenters. The van der Waals surface area contributed by atoms with E-state index in [2.05, 4.69) is 5.10 Å². The second kappa shape index (κ2) is 6.19. The molecule has 7 heteroatoms. The summed E-state index contributed by atoms with van der Waals surface area (Å²) < 4.78 is 19.0. The fourth-order valence-electron chi connectivity index (χ4n) is 3.40. The lowest BCUT2D eigenvalue weighted by Gasteiger charge is -2.32. The van der Waals surface area contributed by atoms with E-state index >= 15 is 0 Å². The van der Waals surface area contributed by atoms with E-state index in [4.69, 9.17) is 14.0 Å². The number of carbonyl (C=O) groups is 1. The first-order valence-electron chi connectivity index (χ1n) is 8.71. The van der Waals surface area contributed by atoms with Crippen LogP contribution in [0.15, 0.2) is 12.4 Å². The quantitative estimate of drug-likeness (QED) is 0.626. The van der Waals surface area contributed by atoms with Crippen LogP contribution in [0, 0.1) is 5.92 Å². The fraction of sp³-hybridized carbons (Fsp3) is 0.765. The number of esters is 1. The third-order valence-electron chi connectivity index (χ3n) is 5.75. The minimum absolute atomic E-state index is 0.0318. The third kappa shape index (κ3) is 3.11. The summed E-state index contributed by atoms with van der Waals surface area (Å²) in [7, 11) is 1.08. The van der Waals surface area contributed by atoms with Crippen LogP contribution in [-0.2, 0) is 18.8 Å². The topological polar surface area (TPSA) is 62.6 Å². The van der Waals surface area contributed by atoms with E-state index in [0.29, 0.717) is 6.04 Å². The van der Waals surface area contributed by atoms with Crippen molar-refractivity contribution in [3.8, 4) is 0 Å². The average Bonchev–Trinajstić information content (AvgIpc) is 3.10. The summed E-state index contributed by atoms with van der Waals surface area (Å²) in [6.07, 6.45) is 7.42. The molecule has 3 rings (SSSR count). The Morgan fingerprint density at radius 2 is 1.79 bits per heavy atom. The zero-order valence-corrected chi connectivity index (χ0v) is 15.2. The van der Waals surface area contributed by atoms with Crippen molar-refractivity contribution in [3.63, 3.8) is 0 Å². The van der Waals surface area contributed by atoms with E-state index < -0.39 is 0 Å². The second-order valence-corrected chi connectivity index (χ2v) is 7.87. The Labute approximate surface area is 144 Å². The van der Waals surface area contributed by atoms with E-state index in [9.17, 15) is 4.79 Å². The van der Waals surface area contributed by atoms with Gasteiger partial charge in [0.05, 0.1) is 30.3 Å². The molecule has 0 radical (unpaired) electrons. The number of carbonyl (C=O) groups excluding carboxylic acids is 1. The lowest BCUT2D eigenvalue weighted by atomic mass is 9.81. The van der Waals surface area contributed by atoms with E-state index in [0.717, 1.165) is 31.1 Å². The molecule has 2 fully saturated rings. The van der Waals surface area contributed by atoms with Gasteiger partial charge in [-0.2, -0.15) is 5.10 Å². The summed E-state index contributed by atoms with van der Waals surface area (Å²) in [4.78, 5) is 11.6. The van der Waals surface area contributed by atoms with Crippen LogP contribution in [0.5, 0.6) is 0 Å². The Morgan fingerprint density at radius 1 is 1.21 bits per heavy atom. The highest BCUT2D eigenvalue weighted by molar-refractivity contribution is 6.62. The highest BCUT2D eigenvalue weighted by Gasteiger charge is 2.52. The van der Waals surface area contributed by atoms with Gasteiger partial charge in [-0.15, -0.1) is 0 Å². The molecule has 1 aliphatic carbocycles. The highest BCUT2D eigenvalue weighted by Crippen LogP contribution is 2.37. The van der Waals surface area contributed by atoms with Crippen LogP contribution in [-0.4, -0.2) is 41.2 Å². The van der Waals surface area contributed by atoms with Crippen molar-refractivity contribution < 1.29 is 18.8 Å². The van der Waals surface area contributed by atoms with E-state index in [1.165, 1.54) is 7.11 Å². The monoisotopic (exact) mass is 334 g/mol. The molecule has 1 aromatic heterocycles. The molecule has 0 atom stereocenters. The smallest absolute Gasteiger partial charge is 0.469 e. The predicted octanol–water partition coefficient (Wildman–Crippen LogP) is 2.09. The van der Waals surface area contributed by atoms with Gasteiger partial charge in [0.25, 0.3) is 0 Å². The van der Waals surface area contributed by atoms with Gasteiger partial charge in [-0.1, -0.05) is 0 Å². The van der Waals surface area contributed by atoms with Crippen molar-refractivity contribution in [1.82, 2.24) is 9.78 Å². The Kier molecular flexibility index (Phi) is 4.51. The lowest BCUT2D eigenvalue weighted by Crippen LogP contribution is -2.41. The first-order chi connectivity index (χ1) is 11.2. The normalized spacial score (nSPS) is 28.8. The molecular formula is C17H27BN2O4. The number of ether oxygens (including phenoxy) is 1. The van der Waals surface area contributed by atoms with Crippen molar-refractivity contribution in [2.45, 2.75) is 70.6 Å². The number of rotatable bonds is 3. The SMILES string of the molecule is COC(=O)C1CCC(n2cc(B3OC(C)(C)C(C)(C)O3)cn2)CC1. The van der Waals surface area contributed by atoms with Gasteiger partial charge >= 0.3 is 13.1 Å². The van der Waals surface area contributed by atoms with Crippen molar-refractivity contribution in [2.24, 2.45) is 5.92 Å². The third-order valence-corrected chi connectivity index (χ3v) is 5.75. The molecule has 1 aromatic rings. The first-order valence-corrected chi connectivity index (χ1v) is 8.71. The van der Waals surface area contributed by atoms with Gasteiger partial charge < -0.3 is 14.0 Å². The molecule has 1 saturated heterocycles. The first kappa shape index (κ1) is 17.5. The van der Waals surface area contributed by atoms with Crippen molar-refractivity contribution in [3.05, 3.63) is 12.4 Å². The number of aromatic nitrogens is 2. The van der Waals surface area contributed by atoms with Gasteiger partial charge in [0, 0.05) is 17.9 Å². The Morgan fingerprint density at radius 3 is 2.33 bits per heavy atom. The summed E-state index contributed by atoms with van der Waals surface area (Å²) >= 11 is 0. The highest BCUT2D eigenvalue weighted by atomic mass is 16.7. The van der Waals surface area contributed by atoms with Gasteiger partial charge in [0.15, 0.2) is 0 Å².